The molecule has 0 heterocycles. The summed E-state index contributed by atoms with van der Waals surface area (Å²) in [6.45, 7) is 2.28. The molecule has 6 nitrogen and oxygen atoms in total. The van der Waals surface area contributed by atoms with Crippen LogP contribution in [0, 0.1) is 10.1 Å². The standard InChI is InChI=1S/C12H14ClNO5/c1-2-18-12-9(15)6-11(12)19-10-5-7(14(16)17)3-4-8(10)13/h3-5,9,11-12,15H,2,6H2,1H3. The Morgan fingerprint density at radius 1 is 1.58 bits per heavy atom. The molecule has 3 atom stereocenters. The molecule has 104 valence electrons. The zero-order chi connectivity index (χ0) is 14.0. The lowest BCUT2D eigenvalue weighted by Crippen LogP contribution is -2.55. The van der Waals surface area contributed by atoms with E-state index < -0.39 is 17.1 Å². The molecule has 0 amide bonds. The van der Waals surface area contributed by atoms with Crippen molar-refractivity contribution in [1.82, 2.24) is 0 Å². The smallest absolute Gasteiger partial charge is 0.273 e. The Kier molecular flexibility index (Phi) is 4.24. The first-order chi connectivity index (χ1) is 9.02. The molecule has 1 fully saturated rings. The van der Waals surface area contributed by atoms with Crippen LogP contribution in [0.4, 0.5) is 5.69 Å². The molecule has 0 radical (unpaired) electrons. The normalized spacial score (nSPS) is 25.7. The maximum absolute atomic E-state index is 10.7. The molecule has 1 aliphatic carbocycles. The minimum atomic E-state index is -0.567. The third-order valence-electron chi connectivity index (χ3n) is 2.98. The fraction of sp³-hybridized carbons (Fsp3) is 0.500. The predicted octanol–water partition coefficient (Wildman–Crippen LogP) is 2.17. The molecular weight excluding hydrogens is 274 g/mol. The van der Waals surface area contributed by atoms with E-state index in [4.69, 9.17) is 21.1 Å². The summed E-state index contributed by atoms with van der Waals surface area (Å²) in [5, 5.41) is 20.5. The molecule has 3 unspecified atom stereocenters. The van der Waals surface area contributed by atoms with Gasteiger partial charge in [-0.25, -0.2) is 0 Å². The highest BCUT2D eigenvalue weighted by Crippen LogP contribution is 2.34. The second-order valence-electron chi connectivity index (χ2n) is 4.25. The highest BCUT2D eigenvalue weighted by molar-refractivity contribution is 6.32. The molecule has 1 aromatic rings. The van der Waals surface area contributed by atoms with E-state index in [-0.39, 0.29) is 17.5 Å². The minimum absolute atomic E-state index is 0.0905. The second-order valence-corrected chi connectivity index (χ2v) is 4.66. The van der Waals surface area contributed by atoms with Crippen LogP contribution in [0.5, 0.6) is 5.75 Å². The summed E-state index contributed by atoms with van der Waals surface area (Å²) in [7, 11) is 0. The number of aliphatic hydroxyl groups is 1. The quantitative estimate of drug-likeness (QED) is 0.663. The number of aliphatic hydroxyl groups excluding tert-OH is 1. The van der Waals surface area contributed by atoms with E-state index in [0.717, 1.165) is 0 Å². The third kappa shape index (κ3) is 2.97. The monoisotopic (exact) mass is 287 g/mol. The van der Waals surface area contributed by atoms with Crippen molar-refractivity contribution in [3.8, 4) is 5.75 Å². The van der Waals surface area contributed by atoms with Crippen molar-refractivity contribution in [1.29, 1.82) is 0 Å². The van der Waals surface area contributed by atoms with Crippen molar-refractivity contribution in [3.05, 3.63) is 33.3 Å². The summed E-state index contributed by atoms with van der Waals surface area (Å²) < 4.78 is 10.9. The van der Waals surface area contributed by atoms with Gasteiger partial charge in [0.25, 0.3) is 5.69 Å². The fourth-order valence-electron chi connectivity index (χ4n) is 1.94. The van der Waals surface area contributed by atoms with Crippen molar-refractivity contribution in [3.63, 3.8) is 0 Å². The molecule has 1 saturated carbocycles. The number of nitro benzene ring substituents is 1. The number of hydrogen-bond donors (Lipinski definition) is 1. The number of nitro groups is 1. The molecule has 1 aromatic carbocycles. The lowest BCUT2D eigenvalue weighted by atomic mass is 9.88. The Bertz CT molecular complexity index is 481. The van der Waals surface area contributed by atoms with Gasteiger partial charge in [0, 0.05) is 19.1 Å². The van der Waals surface area contributed by atoms with Crippen molar-refractivity contribution in [2.45, 2.75) is 31.7 Å². The van der Waals surface area contributed by atoms with Gasteiger partial charge in [-0.15, -0.1) is 0 Å². The molecule has 1 N–H and O–H groups in total. The topological polar surface area (TPSA) is 81.8 Å². The summed E-state index contributed by atoms with van der Waals surface area (Å²) in [5.41, 5.74) is -0.0905. The van der Waals surface area contributed by atoms with E-state index in [1.807, 2.05) is 6.92 Å². The van der Waals surface area contributed by atoms with Gasteiger partial charge >= 0.3 is 0 Å². The van der Waals surface area contributed by atoms with Crippen molar-refractivity contribution in [2.75, 3.05) is 6.61 Å². The van der Waals surface area contributed by atoms with Crippen LogP contribution >= 0.6 is 11.6 Å². The molecule has 0 bridgehead atoms. The number of hydrogen-bond acceptors (Lipinski definition) is 5. The number of nitrogens with zero attached hydrogens (tertiary/aromatic N) is 1. The SMILES string of the molecule is CCOC1C(O)CC1Oc1cc([N+](=O)[O-])ccc1Cl. The van der Waals surface area contributed by atoms with Crippen molar-refractivity contribution < 1.29 is 19.5 Å². The van der Waals surface area contributed by atoms with E-state index in [1.54, 1.807) is 0 Å². The zero-order valence-electron chi connectivity index (χ0n) is 10.3. The van der Waals surface area contributed by atoms with Crippen LogP contribution in [0.25, 0.3) is 0 Å². The van der Waals surface area contributed by atoms with Crippen LogP contribution in [-0.2, 0) is 4.74 Å². The molecule has 2 rings (SSSR count). The number of benzene rings is 1. The summed E-state index contributed by atoms with van der Waals surface area (Å²) in [6, 6.07) is 4.00. The lowest BCUT2D eigenvalue weighted by Gasteiger charge is -2.40. The first-order valence-electron chi connectivity index (χ1n) is 5.93. The average molecular weight is 288 g/mol. The second kappa shape index (κ2) is 5.73. The van der Waals surface area contributed by atoms with Gasteiger partial charge in [0.2, 0.25) is 0 Å². The van der Waals surface area contributed by atoms with E-state index in [9.17, 15) is 15.2 Å². The largest absolute Gasteiger partial charge is 0.486 e. The predicted molar refractivity (Wildman–Crippen MR) is 68.6 cm³/mol. The van der Waals surface area contributed by atoms with E-state index >= 15 is 0 Å². The Hall–Kier alpha value is -1.37. The van der Waals surface area contributed by atoms with Gasteiger partial charge in [0.05, 0.1) is 22.1 Å². The maximum Gasteiger partial charge on any atom is 0.273 e. The van der Waals surface area contributed by atoms with Crippen LogP contribution in [-0.4, -0.2) is 34.9 Å². The maximum atomic E-state index is 10.7. The number of halogens is 1. The molecule has 0 spiro atoms. The van der Waals surface area contributed by atoms with Crippen LogP contribution in [0.2, 0.25) is 5.02 Å². The van der Waals surface area contributed by atoms with Gasteiger partial charge in [-0.05, 0) is 13.0 Å². The Morgan fingerprint density at radius 2 is 2.32 bits per heavy atom. The van der Waals surface area contributed by atoms with Gasteiger partial charge < -0.3 is 14.6 Å². The van der Waals surface area contributed by atoms with Gasteiger partial charge in [-0.2, -0.15) is 0 Å². The Morgan fingerprint density at radius 3 is 2.89 bits per heavy atom. The van der Waals surface area contributed by atoms with Crippen LogP contribution < -0.4 is 4.74 Å². The van der Waals surface area contributed by atoms with E-state index in [2.05, 4.69) is 0 Å². The van der Waals surface area contributed by atoms with Gasteiger partial charge in [0.1, 0.15) is 18.0 Å². The van der Waals surface area contributed by atoms with Crippen LogP contribution in [0.1, 0.15) is 13.3 Å². The van der Waals surface area contributed by atoms with Crippen LogP contribution in [0.3, 0.4) is 0 Å². The van der Waals surface area contributed by atoms with Crippen LogP contribution in [0.15, 0.2) is 18.2 Å². The molecule has 1 aliphatic rings. The molecule has 0 aliphatic heterocycles. The minimum Gasteiger partial charge on any atom is -0.486 e. The highest BCUT2D eigenvalue weighted by Gasteiger charge is 2.43. The average Bonchev–Trinajstić information content (AvgIpc) is 2.37. The fourth-order valence-corrected chi connectivity index (χ4v) is 2.11. The van der Waals surface area contributed by atoms with Gasteiger partial charge in [0.15, 0.2) is 0 Å². The summed E-state index contributed by atoms with van der Waals surface area (Å²) in [5.74, 6) is 0.234. The third-order valence-corrected chi connectivity index (χ3v) is 3.29. The Labute approximate surface area is 115 Å². The summed E-state index contributed by atoms with van der Waals surface area (Å²) in [4.78, 5) is 10.2. The molecule has 0 saturated heterocycles. The number of non-ortho nitro benzene ring substituents is 1. The lowest BCUT2D eigenvalue weighted by molar-refractivity contribution is -0.385. The number of ether oxygens (including phenoxy) is 2. The summed E-state index contributed by atoms with van der Waals surface area (Å²) in [6.07, 6.45) is -0.902. The molecule has 7 heteroatoms. The van der Waals surface area contributed by atoms with Crippen molar-refractivity contribution in [2.24, 2.45) is 0 Å². The summed E-state index contributed by atoms with van der Waals surface area (Å²) >= 11 is 5.94. The first-order valence-corrected chi connectivity index (χ1v) is 6.31. The first kappa shape index (κ1) is 14.0. The highest BCUT2D eigenvalue weighted by atomic mass is 35.5. The van der Waals surface area contributed by atoms with E-state index in [0.29, 0.717) is 18.1 Å². The van der Waals surface area contributed by atoms with Gasteiger partial charge in [-0.3, -0.25) is 10.1 Å². The van der Waals surface area contributed by atoms with E-state index in [1.165, 1.54) is 18.2 Å². The van der Waals surface area contributed by atoms with Gasteiger partial charge in [-0.1, -0.05) is 11.6 Å². The zero-order valence-corrected chi connectivity index (χ0v) is 11.0. The molecule has 19 heavy (non-hydrogen) atoms. The molecular formula is C12H14ClNO5. The van der Waals surface area contributed by atoms with Crippen molar-refractivity contribution >= 4 is 17.3 Å². The Balaban J connectivity index is 2.10. The number of rotatable bonds is 5. The molecule has 0 aromatic heterocycles.